The standard InChI is InChI=1S/C33H44FNO4/c1-11-20(4)35-28(14-15-32(9,38)24(8)33(10,39)23(7)31(36)37)30(25-12-13-27(34)22(6)21(25)5)26-16-18(2)19(3)17-29(26)35/h12-17,20,23-24,38-39H,11H2,1-10H3,(H,36,37)/t20?,23?,24?,32-,33+/m1/s1/i14D,15D,23D,24D. The quantitative estimate of drug-likeness (QED) is 0.262. The highest BCUT2D eigenvalue weighted by molar-refractivity contribution is 6.02. The van der Waals surface area contributed by atoms with Crippen molar-refractivity contribution in [3.8, 4) is 11.1 Å². The molecule has 3 unspecified atom stereocenters. The molecule has 1 aromatic heterocycles. The molecule has 3 aromatic rings. The smallest absolute Gasteiger partial charge is 0.309 e. The summed E-state index contributed by atoms with van der Waals surface area (Å²) in [7, 11) is 0. The fourth-order valence-corrected chi connectivity index (χ4v) is 4.90. The maximum atomic E-state index is 14.6. The lowest BCUT2D eigenvalue weighted by molar-refractivity contribution is -0.160. The summed E-state index contributed by atoms with van der Waals surface area (Å²) in [5.74, 6) is -7.26. The van der Waals surface area contributed by atoms with Crippen molar-refractivity contribution in [2.24, 2.45) is 11.8 Å². The van der Waals surface area contributed by atoms with E-state index in [9.17, 15) is 25.9 Å². The molecule has 5 nitrogen and oxygen atoms in total. The van der Waals surface area contributed by atoms with Crippen molar-refractivity contribution in [1.82, 2.24) is 4.57 Å². The van der Waals surface area contributed by atoms with Crippen LogP contribution in [0.25, 0.3) is 28.1 Å². The summed E-state index contributed by atoms with van der Waals surface area (Å²) < 4.78 is 52.5. The molecule has 5 atom stereocenters. The number of aromatic nitrogens is 1. The van der Waals surface area contributed by atoms with E-state index in [1.54, 1.807) is 19.9 Å². The number of nitrogens with zero attached hydrogens (tertiary/aromatic N) is 1. The van der Waals surface area contributed by atoms with Crippen molar-refractivity contribution < 1.29 is 30.0 Å². The molecule has 3 N–H and O–H groups in total. The third kappa shape index (κ3) is 5.42. The van der Waals surface area contributed by atoms with E-state index in [4.69, 9.17) is 4.11 Å². The number of fused-ring (bicyclic) bond motifs is 1. The number of rotatable bonds is 9. The monoisotopic (exact) mass is 541 g/mol. The van der Waals surface area contributed by atoms with Crippen molar-refractivity contribution in [3.63, 3.8) is 0 Å². The number of benzene rings is 2. The van der Waals surface area contributed by atoms with Crippen LogP contribution in [0, 0.1) is 45.3 Å². The van der Waals surface area contributed by atoms with Crippen LogP contribution in [0.15, 0.2) is 30.3 Å². The van der Waals surface area contributed by atoms with E-state index in [-0.39, 0.29) is 17.6 Å². The molecule has 0 saturated heterocycles. The number of aryl methyl sites for hydroxylation is 2. The molecule has 0 aliphatic rings. The highest BCUT2D eigenvalue weighted by atomic mass is 19.1. The molecule has 0 amide bonds. The van der Waals surface area contributed by atoms with Crippen molar-refractivity contribution in [3.05, 3.63) is 64.1 Å². The zero-order chi connectivity index (χ0) is 33.2. The van der Waals surface area contributed by atoms with Crippen LogP contribution in [0.4, 0.5) is 4.39 Å². The van der Waals surface area contributed by atoms with Crippen LogP contribution >= 0.6 is 0 Å². The number of halogens is 1. The van der Waals surface area contributed by atoms with Gasteiger partial charge in [0.25, 0.3) is 0 Å². The van der Waals surface area contributed by atoms with Gasteiger partial charge in [-0.05, 0) is 114 Å². The molecule has 0 bridgehead atoms. The van der Waals surface area contributed by atoms with Gasteiger partial charge in [-0.3, -0.25) is 4.79 Å². The van der Waals surface area contributed by atoms with Gasteiger partial charge in [0.2, 0.25) is 0 Å². The summed E-state index contributed by atoms with van der Waals surface area (Å²) in [5, 5.41) is 33.6. The second-order valence-electron chi connectivity index (χ2n) is 11.1. The fraction of sp³-hybridized carbons (Fsp3) is 0.485. The van der Waals surface area contributed by atoms with Crippen LogP contribution in [0.1, 0.15) is 87.4 Å². The van der Waals surface area contributed by atoms with Crippen LogP contribution in [0.5, 0.6) is 0 Å². The Morgan fingerprint density at radius 1 is 1.10 bits per heavy atom. The van der Waals surface area contributed by atoms with Gasteiger partial charge in [-0.2, -0.15) is 0 Å². The molecule has 6 heteroatoms. The average molecular weight is 542 g/mol. The van der Waals surface area contributed by atoms with E-state index in [1.165, 1.54) is 6.07 Å². The first kappa shape index (κ1) is 25.0. The van der Waals surface area contributed by atoms with Crippen LogP contribution in [0.2, 0.25) is 0 Å². The van der Waals surface area contributed by atoms with Crippen LogP contribution in [-0.4, -0.2) is 37.1 Å². The first-order chi connectivity index (χ1) is 19.5. The number of hydrogen-bond donors (Lipinski definition) is 3. The second kappa shape index (κ2) is 10.9. The minimum absolute atomic E-state index is 0.178. The Morgan fingerprint density at radius 2 is 1.69 bits per heavy atom. The van der Waals surface area contributed by atoms with Gasteiger partial charge in [0, 0.05) is 36.8 Å². The van der Waals surface area contributed by atoms with Crippen molar-refractivity contribution >= 4 is 22.9 Å². The molecule has 0 aliphatic carbocycles. The third-order valence-electron chi connectivity index (χ3n) is 8.58. The van der Waals surface area contributed by atoms with Gasteiger partial charge in [0.05, 0.1) is 19.8 Å². The molecule has 0 aliphatic heterocycles. The molecule has 0 saturated carbocycles. The number of aliphatic hydroxyl groups is 2. The lowest BCUT2D eigenvalue weighted by Gasteiger charge is -2.40. The molecular formula is C33H44FNO4. The van der Waals surface area contributed by atoms with Crippen molar-refractivity contribution in [1.29, 1.82) is 0 Å². The maximum Gasteiger partial charge on any atom is 0.309 e. The highest BCUT2D eigenvalue weighted by Crippen LogP contribution is 2.42. The molecule has 2 aromatic carbocycles. The van der Waals surface area contributed by atoms with E-state index in [2.05, 4.69) is 0 Å². The number of carboxylic acids is 1. The molecule has 1 heterocycles. The Bertz CT molecular complexity index is 1640. The minimum atomic E-state index is -2.67. The van der Waals surface area contributed by atoms with Gasteiger partial charge in [0.1, 0.15) is 5.82 Å². The van der Waals surface area contributed by atoms with Crippen molar-refractivity contribution in [2.75, 3.05) is 0 Å². The normalized spacial score (nSPS) is 21.3. The maximum absolute atomic E-state index is 14.6. The molecule has 3 rings (SSSR count). The van der Waals surface area contributed by atoms with E-state index in [0.717, 1.165) is 49.7 Å². The number of carbonyl (C=O) groups is 1. The molecular weight excluding hydrogens is 493 g/mol. The van der Waals surface area contributed by atoms with E-state index in [1.807, 2.05) is 44.4 Å². The van der Waals surface area contributed by atoms with Gasteiger partial charge in [-0.25, -0.2) is 4.39 Å². The van der Waals surface area contributed by atoms with E-state index < -0.39 is 41.1 Å². The number of aliphatic carboxylic acids is 1. The summed E-state index contributed by atoms with van der Waals surface area (Å²) in [6.07, 6.45) is 0.655. The second-order valence-corrected chi connectivity index (χ2v) is 11.1. The van der Waals surface area contributed by atoms with Gasteiger partial charge in [0.15, 0.2) is 0 Å². The largest absolute Gasteiger partial charge is 0.481 e. The fourth-order valence-electron chi connectivity index (χ4n) is 4.90. The van der Waals surface area contributed by atoms with E-state index in [0.29, 0.717) is 28.7 Å². The predicted octanol–water partition coefficient (Wildman–Crippen LogP) is 7.52. The SMILES string of the molecule is [2H]C(=C([2H])[C@@](C)(O)C([2H])(C)[C@@](C)(O)C([2H])(C)C(=O)O)c1c(-c2ccc(F)c(C)c2C)c2cc(C)c(C)cc2n1C(C)CC. The molecule has 0 radical (unpaired) electrons. The Kier molecular flexibility index (Phi) is 7.00. The Morgan fingerprint density at radius 3 is 2.26 bits per heavy atom. The van der Waals surface area contributed by atoms with Gasteiger partial charge < -0.3 is 19.9 Å². The lowest BCUT2D eigenvalue weighted by atomic mass is 9.72. The summed E-state index contributed by atoms with van der Waals surface area (Å²) in [4.78, 5) is 11.9. The summed E-state index contributed by atoms with van der Waals surface area (Å²) in [5.41, 5.74) is 0.0764. The molecule has 212 valence electrons. The molecule has 0 fully saturated rings. The van der Waals surface area contributed by atoms with Crippen LogP contribution in [0.3, 0.4) is 0 Å². The topological polar surface area (TPSA) is 82.7 Å². The minimum Gasteiger partial charge on any atom is -0.481 e. The summed E-state index contributed by atoms with van der Waals surface area (Å²) >= 11 is 0. The highest BCUT2D eigenvalue weighted by Gasteiger charge is 2.46. The Labute approximate surface area is 237 Å². The zero-order valence-corrected chi connectivity index (χ0v) is 24.7. The number of hydrogen-bond acceptors (Lipinski definition) is 3. The Balaban J connectivity index is 2.57. The number of carboxylic acid groups (broad SMARTS) is 1. The van der Waals surface area contributed by atoms with Crippen LogP contribution < -0.4 is 0 Å². The molecule has 39 heavy (non-hydrogen) atoms. The van der Waals surface area contributed by atoms with Gasteiger partial charge >= 0.3 is 5.97 Å². The van der Waals surface area contributed by atoms with E-state index >= 15 is 0 Å². The van der Waals surface area contributed by atoms with Crippen LogP contribution in [-0.2, 0) is 4.79 Å². The predicted molar refractivity (Wildman–Crippen MR) is 158 cm³/mol. The molecule has 0 spiro atoms. The first-order valence-corrected chi connectivity index (χ1v) is 13.3. The van der Waals surface area contributed by atoms with Crippen molar-refractivity contribution in [2.45, 2.75) is 92.9 Å². The Hall–Kier alpha value is -2.96. The summed E-state index contributed by atoms with van der Waals surface area (Å²) in [6, 6.07) is 5.64. The zero-order valence-electron chi connectivity index (χ0n) is 28.7. The van der Waals surface area contributed by atoms with Gasteiger partial charge in [-0.1, -0.05) is 26.0 Å². The van der Waals surface area contributed by atoms with Gasteiger partial charge in [-0.15, -0.1) is 0 Å². The average Bonchev–Trinajstić information content (AvgIpc) is 3.23. The third-order valence-corrected chi connectivity index (χ3v) is 8.58. The lowest BCUT2D eigenvalue weighted by Crippen LogP contribution is -2.52. The summed E-state index contributed by atoms with van der Waals surface area (Å²) in [6.45, 7) is 15.4. The first-order valence-electron chi connectivity index (χ1n) is 15.3.